The molecule has 1 heterocycles. The highest BCUT2D eigenvalue weighted by Gasteiger charge is 2.17. The molecule has 0 N–H and O–H groups in total. The van der Waals surface area contributed by atoms with Crippen LogP contribution in [0.2, 0.25) is 0 Å². The van der Waals surface area contributed by atoms with Crippen molar-refractivity contribution in [1.82, 2.24) is 14.7 Å². The Bertz CT molecular complexity index is 569. The Hall–Kier alpha value is -2.10. The molecule has 1 aromatic heterocycles. The number of benzene rings is 1. The van der Waals surface area contributed by atoms with Crippen LogP contribution in [0.15, 0.2) is 36.5 Å². The van der Waals surface area contributed by atoms with E-state index in [2.05, 4.69) is 24.2 Å². The Balaban J connectivity index is 2.24. The molecule has 100 valence electrons. The number of carbonyl (C=O) groups excluding carboxylic acids is 1. The van der Waals surface area contributed by atoms with Gasteiger partial charge in [0, 0.05) is 25.9 Å². The van der Waals surface area contributed by atoms with E-state index in [1.807, 2.05) is 31.3 Å². The molecular formula is C15H19N3O. The van der Waals surface area contributed by atoms with Crippen LogP contribution < -0.4 is 0 Å². The number of rotatable bonds is 3. The highest BCUT2D eigenvalue weighted by Crippen LogP contribution is 2.19. The topological polar surface area (TPSA) is 38.1 Å². The van der Waals surface area contributed by atoms with Crippen LogP contribution in [0.4, 0.5) is 0 Å². The van der Waals surface area contributed by atoms with Crippen molar-refractivity contribution in [2.75, 3.05) is 14.1 Å². The van der Waals surface area contributed by atoms with Gasteiger partial charge >= 0.3 is 0 Å². The molecule has 1 aromatic carbocycles. The lowest BCUT2D eigenvalue weighted by atomic mass is 10.1. The van der Waals surface area contributed by atoms with E-state index >= 15 is 0 Å². The number of nitrogens with zero attached hydrogens (tertiary/aromatic N) is 3. The molecule has 0 spiro atoms. The fourth-order valence-corrected chi connectivity index (χ4v) is 1.92. The summed E-state index contributed by atoms with van der Waals surface area (Å²) in [6, 6.07) is 9.85. The number of hydrogen-bond acceptors (Lipinski definition) is 2. The van der Waals surface area contributed by atoms with Crippen LogP contribution >= 0.6 is 0 Å². The molecule has 1 amide bonds. The number of carbonyl (C=O) groups is 1. The second-order valence-corrected chi connectivity index (χ2v) is 4.96. The minimum atomic E-state index is -0.283. The van der Waals surface area contributed by atoms with E-state index in [-0.39, 0.29) is 11.9 Å². The van der Waals surface area contributed by atoms with Gasteiger partial charge in [0.25, 0.3) is 0 Å². The molecule has 0 bridgehead atoms. The number of aromatic nitrogens is 2. The second kappa shape index (κ2) is 5.26. The van der Waals surface area contributed by atoms with Crippen LogP contribution in [0.5, 0.6) is 0 Å². The summed E-state index contributed by atoms with van der Waals surface area (Å²) < 4.78 is 1.71. The normalized spacial score (nSPS) is 12.2. The van der Waals surface area contributed by atoms with Crippen molar-refractivity contribution in [1.29, 1.82) is 0 Å². The Kier molecular flexibility index (Phi) is 3.69. The quantitative estimate of drug-likeness (QED) is 0.847. The molecule has 4 heteroatoms. The number of aryl methyl sites for hydroxylation is 1. The predicted molar refractivity (Wildman–Crippen MR) is 75.8 cm³/mol. The summed E-state index contributed by atoms with van der Waals surface area (Å²) in [6.45, 7) is 3.91. The Morgan fingerprint density at radius 1 is 1.21 bits per heavy atom. The maximum atomic E-state index is 11.9. The van der Waals surface area contributed by atoms with E-state index in [4.69, 9.17) is 0 Å². The van der Waals surface area contributed by atoms with Crippen molar-refractivity contribution in [2.24, 2.45) is 0 Å². The fourth-order valence-electron chi connectivity index (χ4n) is 1.92. The molecule has 2 rings (SSSR count). The molecule has 4 nitrogen and oxygen atoms in total. The molecule has 0 aliphatic rings. The van der Waals surface area contributed by atoms with Gasteiger partial charge in [-0.2, -0.15) is 5.10 Å². The van der Waals surface area contributed by atoms with Crippen molar-refractivity contribution < 1.29 is 4.79 Å². The molecule has 0 fully saturated rings. The molecular weight excluding hydrogens is 238 g/mol. The lowest BCUT2D eigenvalue weighted by Gasteiger charge is -2.16. The summed E-state index contributed by atoms with van der Waals surface area (Å²) in [7, 11) is 3.51. The van der Waals surface area contributed by atoms with Gasteiger partial charge in [-0.25, -0.2) is 0 Å². The average Bonchev–Trinajstić information content (AvgIpc) is 2.87. The van der Waals surface area contributed by atoms with E-state index < -0.39 is 0 Å². The largest absolute Gasteiger partial charge is 0.347 e. The first-order valence-corrected chi connectivity index (χ1v) is 6.32. The van der Waals surface area contributed by atoms with Gasteiger partial charge in [0.1, 0.15) is 6.04 Å². The predicted octanol–water partition coefficient (Wildman–Crippen LogP) is 2.51. The summed E-state index contributed by atoms with van der Waals surface area (Å²) >= 11 is 0. The second-order valence-electron chi connectivity index (χ2n) is 4.96. The minimum Gasteiger partial charge on any atom is -0.347 e. The maximum Gasteiger partial charge on any atom is 0.246 e. The number of amides is 1. The average molecular weight is 257 g/mol. The van der Waals surface area contributed by atoms with Crippen LogP contribution in [0.1, 0.15) is 18.5 Å². The Labute approximate surface area is 113 Å². The number of likely N-dealkylation sites (N-methyl/N-ethyl adjacent to an activating group) is 1. The highest BCUT2D eigenvalue weighted by molar-refractivity contribution is 5.79. The first kappa shape index (κ1) is 13.3. The van der Waals surface area contributed by atoms with Crippen molar-refractivity contribution in [3.63, 3.8) is 0 Å². The van der Waals surface area contributed by atoms with Gasteiger partial charge in [-0.3, -0.25) is 9.48 Å². The molecule has 19 heavy (non-hydrogen) atoms. The Morgan fingerprint density at radius 3 is 2.42 bits per heavy atom. The highest BCUT2D eigenvalue weighted by atomic mass is 16.2. The molecule has 0 unspecified atom stereocenters. The van der Waals surface area contributed by atoms with Gasteiger partial charge in [0.2, 0.25) is 5.91 Å². The van der Waals surface area contributed by atoms with Gasteiger partial charge in [-0.1, -0.05) is 29.8 Å². The molecule has 2 aromatic rings. The SMILES string of the molecule is Cc1ccc(-c2ccn([C@@H](C)C(=O)N(C)C)n2)cc1. The van der Waals surface area contributed by atoms with E-state index in [9.17, 15) is 4.79 Å². The monoisotopic (exact) mass is 257 g/mol. The third-order valence-corrected chi connectivity index (χ3v) is 3.15. The zero-order valence-electron chi connectivity index (χ0n) is 11.8. The molecule has 1 atom stereocenters. The molecule has 0 saturated carbocycles. The van der Waals surface area contributed by atoms with Crippen LogP contribution in [0.3, 0.4) is 0 Å². The maximum absolute atomic E-state index is 11.9. The lowest BCUT2D eigenvalue weighted by molar-refractivity contribution is -0.131. The van der Waals surface area contributed by atoms with Crippen molar-refractivity contribution >= 4 is 5.91 Å². The lowest BCUT2D eigenvalue weighted by Crippen LogP contribution is -2.30. The van der Waals surface area contributed by atoms with Crippen molar-refractivity contribution in [2.45, 2.75) is 19.9 Å². The van der Waals surface area contributed by atoms with E-state index in [0.717, 1.165) is 11.3 Å². The molecule has 0 radical (unpaired) electrons. The smallest absolute Gasteiger partial charge is 0.246 e. The molecule has 0 saturated heterocycles. The third-order valence-electron chi connectivity index (χ3n) is 3.15. The van der Waals surface area contributed by atoms with E-state index in [1.165, 1.54) is 5.56 Å². The van der Waals surface area contributed by atoms with Gasteiger partial charge in [-0.15, -0.1) is 0 Å². The van der Waals surface area contributed by atoms with Gasteiger partial charge in [0.15, 0.2) is 0 Å². The minimum absolute atomic E-state index is 0.0403. The fraction of sp³-hybridized carbons (Fsp3) is 0.333. The molecule has 0 aliphatic carbocycles. The summed E-state index contributed by atoms with van der Waals surface area (Å²) in [4.78, 5) is 13.5. The zero-order chi connectivity index (χ0) is 14.0. The van der Waals surface area contributed by atoms with Crippen LogP contribution in [0.25, 0.3) is 11.3 Å². The van der Waals surface area contributed by atoms with Crippen LogP contribution in [0, 0.1) is 6.92 Å². The van der Waals surface area contributed by atoms with Crippen molar-refractivity contribution in [3.8, 4) is 11.3 Å². The van der Waals surface area contributed by atoms with Gasteiger partial charge in [-0.05, 0) is 19.9 Å². The first-order chi connectivity index (χ1) is 8.99. The zero-order valence-corrected chi connectivity index (χ0v) is 11.8. The third kappa shape index (κ3) is 2.84. The summed E-state index contributed by atoms with van der Waals surface area (Å²) in [6.07, 6.45) is 1.85. The van der Waals surface area contributed by atoms with Gasteiger partial charge < -0.3 is 4.90 Å². The summed E-state index contributed by atoms with van der Waals surface area (Å²) in [5, 5.41) is 4.48. The van der Waals surface area contributed by atoms with Gasteiger partial charge in [0.05, 0.1) is 5.69 Å². The van der Waals surface area contributed by atoms with E-state index in [0.29, 0.717) is 0 Å². The Morgan fingerprint density at radius 2 is 1.84 bits per heavy atom. The first-order valence-electron chi connectivity index (χ1n) is 6.32. The van der Waals surface area contributed by atoms with E-state index in [1.54, 1.807) is 23.7 Å². The summed E-state index contributed by atoms with van der Waals surface area (Å²) in [5.41, 5.74) is 3.17. The molecule has 0 aliphatic heterocycles. The van der Waals surface area contributed by atoms with Crippen molar-refractivity contribution in [3.05, 3.63) is 42.1 Å². The standard InChI is InChI=1S/C15H19N3O/c1-11-5-7-13(8-6-11)14-9-10-18(16-14)12(2)15(19)17(3)4/h5-10,12H,1-4H3/t12-/m0/s1. The van der Waals surface area contributed by atoms with Crippen LogP contribution in [-0.4, -0.2) is 34.7 Å². The summed E-state index contributed by atoms with van der Waals surface area (Å²) in [5.74, 6) is 0.0403. The number of hydrogen-bond donors (Lipinski definition) is 0. The van der Waals surface area contributed by atoms with Crippen LogP contribution in [-0.2, 0) is 4.79 Å².